The van der Waals surface area contributed by atoms with Crippen molar-refractivity contribution in [3.8, 4) is 5.75 Å². The molecule has 0 spiro atoms. The van der Waals surface area contributed by atoms with Gasteiger partial charge in [-0.15, -0.1) is 0 Å². The molecule has 6 nitrogen and oxygen atoms in total. The summed E-state index contributed by atoms with van der Waals surface area (Å²) in [6.07, 6.45) is 0.994. The highest BCUT2D eigenvalue weighted by atomic mass is 35.5. The van der Waals surface area contributed by atoms with Gasteiger partial charge in [0.25, 0.3) is 0 Å². The fourth-order valence-electron chi connectivity index (χ4n) is 3.24. The Morgan fingerprint density at radius 3 is 2.46 bits per heavy atom. The Bertz CT molecular complexity index is 923. The van der Waals surface area contributed by atoms with Gasteiger partial charge in [-0.1, -0.05) is 23.7 Å². The minimum atomic E-state index is -3.56. The molecule has 1 fully saturated rings. The lowest BCUT2D eigenvalue weighted by molar-refractivity contribution is -0.126. The standard InChI is InChI=1S/C20H23ClN2O4S/c1-27-18-5-7-19(8-6-18)28(25,26)23-11-9-16(10-12-23)20(24)22-14-15-3-2-4-17(21)13-15/h2-8,13,16H,9-12,14H2,1H3,(H,22,24). The van der Waals surface area contributed by atoms with Crippen LogP contribution in [0, 0.1) is 5.92 Å². The van der Waals surface area contributed by atoms with Crippen LogP contribution in [0.25, 0.3) is 0 Å². The summed E-state index contributed by atoms with van der Waals surface area (Å²) < 4.78 is 32.1. The van der Waals surface area contributed by atoms with Crippen molar-refractivity contribution in [2.24, 2.45) is 5.92 Å². The summed E-state index contributed by atoms with van der Waals surface area (Å²) in [5.74, 6) is 0.358. The molecule has 8 heteroatoms. The Balaban J connectivity index is 1.55. The van der Waals surface area contributed by atoms with E-state index in [-0.39, 0.29) is 16.7 Å². The zero-order valence-corrected chi connectivity index (χ0v) is 17.2. The predicted molar refractivity (Wildman–Crippen MR) is 108 cm³/mol. The highest BCUT2D eigenvalue weighted by Crippen LogP contribution is 2.25. The zero-order chi connectivity index (χ0) is 20.1. The minimum absolute atomic E-state index is 0.0542. The van der Waals surface area contributed by atoms with E-state index in [4.69, 9.17) is 16.3 Å². The number of sulfonamides is 1. The fraction of sp³-hybridized carbons (Fsp3) is 0.350. The van der Waals surface area contributed by atoms with Crippen molar-refractivity contribution < 1.29 is 17.9 Å². The molecule has 0 atom stereocenters. The van der Waals surface area contributed by atoms with Crippen LogP contribution in [0.1, 0.15) is 18.4 Å². The average molecular weight is 423 g/mol. The number of carbonyl (C=O) groups is 1. The van der Waals surface area contributed by atoms with Crippen LogP contribution in [-0.2, 0) is 21.4 Å². The number of hydrogen-bond acceptors (Lipinski definition) is 4. The van der Waals surface area contributed by atoms with Crippen molar-refractivity contribution in [1.29, 1.82) is 0 Å². The van der Waals surface area contributed by atoms with Crippen molar-refractivity contribution >= 4 is 27.5 Å². The summed E-state index contributed by atoms with van der Waals surface area (Å²) in [4.78, 5) is 12.7. The second-order valence-electron chi connectivity index (χ2n) is 6.70. The number of rotatable bonds is 6. The minimum Gasteiger partial charge on any atom is -0.497 e. The molecule has 0 aromatic heterocycles. The van der Waals surface area contributed by atoms with Crippen molar-refractivity contribution in [2.75, 3.05) is 20.2 Å². The maximum Gasteiger partial charge on any atom is 0.243 e. The van der Waals surface area contributed by atoms with Crippen LogP contribution in [0.3, 0.4) is 0 Å². The molecular weight excluding hydrogens is 400 g/mol. The van der Waals surface area contributed by atoms with Gasteiger partial charge >= 0.3 is 0 Å². The predicted octanol–water partition coefficient (Wildman–Crippen LogP) is 3.07. The second kappa shape index (κ2) is 8.94. The first-order valence-electron chi connectivity index (χ1n) is 9.06. The molecule has 0 saturated carbocycles. The summed E-state index contributed by atoms with van der Waals surface area (Å²) in [6.45, 7) is 1.05. The van der Waals surface area contributed by atoms with Crippen LogP contribution in [0.2, 0.25) is 5.02 Å². The number of carbonyl (C=O) groups excluding carboxylic acids is 1. The van der Waals surface area contributed by atoms with Crippen molar-refractivity contribution in [3.63, 3.8) is 0 Å². The van der Waals surface area contributed by atoms with E-state index in [1.807, 2.05) is 18.2 Å². The molecule has 1 saturated heterocycles. The first-order valence-corrected chi connectivity index (χ1v) is 10.9. The molecular formula is C20H23ClN2O4S. The molecule has 3 rings (SSSR count). The van der Waals surface area contributed by atoms with Gasteiger partial charge in [0, 0.05) is 30.6 Å². The molecule has 1 heterocycles. The molecule has 2 aromatic rings. The SMILES string of the molecule is COc1ccc(S(=O)(=O)N2CCC(C(=O)NCc3cccc(Cl)c3)CC2)cc1. The first kappa shape index (κ1) is 20.6. The fourth-order valence-corrected chi connectivity index (χ4v) is 4.92. The van der Waals surface area contributed by atoms with Gasteiger partial charge in [0.15, 0.2) is 0 Å². The Morgan fingerprint density at radius 1 is 1.18 bits per heavy atom. The maximum absolute atomic E-state index is 12.8. The smallest absolute Gasteiger partial charge is 0.243 e. The van der Waals surface area contributed by atoms with Gasteiger partial charge in [0.05, 0.1) is 12.0 Å². The van der Waals surface area contributed by atoms with Crippen LogP contribution in [0.15, 0.2) is 53.4 Å². The molecule has 0 unspecified atom stereocenters. The Kier molecular flexibility index (Phi) is 6.59. The van der Waals surface area contributed by atoms with Crippen molar-refractivity contribution in [3.05, 3.63) is 59.1 Å². The topological polar surface area (TPSA) is 75.7 Å². The molecule has 150 valence electrons. The number of benzene rings is 2. The third-order valence-electron chi connectivity index (χ3n) is 4.88. The molecule has 1 aliphatic rings. The number of halogens is 1. The Hall–Kier alpha value is -2.09. The van der Waals surface area contributed by atoms with Crippen LogP contribution in [0.4, 0.5) is 0 Å². The third kappa shape index (κ3) is 4.84. The number of methoxy groups -OCH3 is 1. The summed E-state index contributed by atoms with van der Waals surface area (Å²) in [7, 11) is -2.03. The summed E-state index contributed by atoms with van der Waals surface area (Å²) in [5, 5.41) is 3.54. The van der Waals surface area contributed by atoms with E-state index < -0.39 is 10.0 Å². The van der Waals surface area contributed by atoms with E-state index in [9.17, 15) is 13.2 Å². The van der Waals surface area contributed by atoms with E-state index in [1.165, 1.54) is 23.5 Å². The molecule has 28 heavy (non-hydrogen) atoms. The largest absolute Gasteiger partial charge is 0.497 e. The zero-order valence-electron chi connectivity index (χ0n) is 15.6. The third-order valence-corrected chi connectivity index (χ3v) is 7.03. The number of hydrogen-bond donors (Lipinski definition) is 1. The van der Waals surface area contributed by atoms with Gasteiger partial charge in [-0.3, -0.25) is 4.79 Å². The van der Waals surface area contributed by atoms with Crippen LogP contribution in [-0.4, -0.2) is 38.8 Å². The molecule has 2 aromatic carbocycles. The lowest BCUT2D eigenvalue weighted by atomic mass is 9.97. The number of amides is 1. The van der Waals surface area contributed by atoms with Gasteiger partial charge in [0.1, 0.15) is 5.75 Å². The van der Waals surface area contributed by atoms with Crippen molar-refractivity contribution in [1.82, 2.24) is 9.62 Å². The van der Waals surface area contributed by atoms with Gasteiger partial charge in [0.2, 0.25) is 15.9 Å². The maximum atomic E-state index is 12.8. The molecule has 1 amide bonds. The van der Waals surface area contributed by atoms with Crippen LogP contribution in [0.5, 0.6) is 5.75 Å². The monoisotopic (exact) mass is 422 g/mol. The first-order chi connectivity index (χ1) is 13.4. The van der Waals surface area contributed by atoms with Gasteiger partial charge in [-0.2, -0.15) is 4.31 Å². The van der Waals surface area contributed by atoms with E-state index in [1.54, 1.807) is 18.2 Å². The van der Waals surface area contributed by atoms with E-state index in [0.29, 0.717) is 43.2 Å². The molecule has 1 N–H and O–H groups in total. The lowest BCUT2D eigenvalue weighted by Crippen LogP contribution is -2.42. The number of nitrogens with one attached hydrogen (secondary N) is 1. The molecule has 0 radical (unpaired) electrons. The summed E-state index contributed by atoms with van der Waals surface area (Å²) in [5.41, 5.74) is 0.931. The Morgan fingerprint density at radius 2 is 1.86 bits per heavy atom. The number of ether oxygens (including phenoxy) is 1. The van der Waals surface area contributed by atoms with Crippen LogP contribution < -0.4 is 10.1 Å². The quantitative estimate of drug-likeness (QED) is 0.776. The summed E-state index contributed by atoms with van der Waals surface area (Å²) >= 11 is 5.95. The number of nitrogens with zero attached hydrogens (tertiary/aromatic N) is 1. The van der Waals surface area contributed by atoms with Gasteiger partial charge in [-0.25, -0.2) is 8.42 Å². The lowest BCUT2D eigenvalue weighted by Gasteiger charge is -2.30. The highest BCUT2D eigenvalue weighted by Gasteiger charge is 2.32. The molecule has 0 aliphatic carbocycles. The normalized spacial score (nSPS) is 15.9. The number of piperidine rings is 1. The average Bonchev–Trinajstić information content (AvgIpc) is 2.72. The van der Waals surface area contributed by atoms with E-state index in [0.717, 1.165) is 5.56 Å². The summed E-state index contributed by atoms with van der Waals surface area (Å²) in [6, 6.07) is 13.7. The van der Waals surface area contributed by atoms with Crippen LogP contribution >= 0.6 is 11.6 Å². The second-order valence-corrected chi connectivity index (χ2v) is 9.08. The van der Waals surface area contributed by atoms with E-state index >= 15 is 0 Å². The molecule has 1 aliphatic heterocycles. The van der Waals surface area contributed by atoms with E-state index in [2.05, 4.69) is 5.32 Å². The highest BCUT2D eigenvalue weighted by molar-refractivity contribution is 7.89. The van der Waals surface area contributed by atoms with Gasteiger partial charge < -0.3 is 10.1 Å². The molecule has 0 bridgehead atoms. The van der Waals surface area contributed by atoms with Gasteiger partial charge in [-0.05, 0) is 54.8 Å². The Labute approximate surface area is 170 Å². The van der Waals surface area contributed by atoms with Crippen molar-refractivity contribution in [2.45, 2.75) is 24.3 Å².